The first-order valence-corrected chi connectivity index (χ1v) is 10.0. The molecule has 2 amide bonds. The molecule has 1 aliphatic rings. The molecular formula is C22H20N2O3S. The van der Waals surface area contributed by atoms with Gasteiger partial charge in [0.2, 0.25) is 5.91 Å². The van der Waals surface area contributed by atoms with Crippen molar-refractivity contribution in [2.45, 2.75) is 19.2 Å². The molecule has 5 nitrogen and oxygen atoms in total. The van der Waals surface area contributed by atoms with Gasteiger partial charge in [0.25, 0.3) is 5.91 Å². The molecule has 142 valence electrons. The third kappa shape index (κ3) is 3.43. The van der Waals surface area contributed by atoms with Crippen LogP contribution in [0.25, 0.3) is 0 Å². The smallest absolute Gasteiger partial charge is 0.291 e. The van der Waals surface area contributed by atoms with Gasteiger partial charge >= 0.3 is 0 Å². The van der Waals surface area contributed by atoms with Crippen LogP contribution in [-0.4, -0.2) is 17.6 Å². The molecule has 0 spiro atoms. The van der Waals surface area contributed by atoms with Gasteiger partial charge < -0.3 is 9.73 Å². The standard InChI is InChI=1S/C22H20N2O3S/c1-14-9-10-16(12-15(14)2)24-20(25)13-28-22(24)17-6-3-4-7-18(17)23-21(26)19-8-5-11-27-19/h3-12,22H,13H2,1-2H3,(H,23,26)/t22-/m0/s1. The highest BCUT2D eigenvalue weighted by atomic mass is 32.2. The van der Waals surface area contributed by atoms with E-state index in [1.54, 1.807) is 23.9 Å². The van der Waals surface area contributed by atoms with Gasteiger partial charge in [-0.3, -0.25) is 14.5 Å². The number of furan rings is 1. The van der Waals surface area contributed by atoms with Gasteiger partial charge in [-0.1, -0.05) is 24.3 Å². The van der Waals surface area contributed by atoms with Crippen LogP contribution in [0.3, 0.4) is 0 Å². The van der Waals surface area contributed by atoms with Gasteiger partial charge in [0, 0.05) is 16.9 Å². The summed E-state index contributed by atoms with van der Waals surface area (Å²) in [6, 6.07) is 16.9. The maximum absolute atomic E-state index is 12.7. The molecule has 2 aromatic carbocycles. The second-order valence-electron chi connectivity index (χ2n) is 6.71. The predicted octanol–water partition coefficient (Wildman–Crippen LogP) is 4.93. The molecule has 0 aliphatic carbocycles. The second kappa shape index (κ2) is 7.56. The number of hydrogen-bond donors (Lipinski definition) is 1. The Hall–Kier alpha value is -2.99. The van der Waals surface area contributed by atoms with Gasteiger partial charge in [0.15, 0.2) is 5.76 Å². The molecule has 1 aliphatic heterocycles. The van der Waals surface area contributed by atoms with E-state index >= 15 is 0 Å². The van der Waals surface area contributed by atoms with Gasteiger partial charge in [-0.05, 0) is 55.3 Å². The molecular weight excluding hydrogens is 372 g/mol. The fraction of sp³-hybridized carbons (Fsp3) is 0.182. The van der Waals surface area contributed by atoms with Crippen molar-refractivity contribution in [3.05, 3.63) is 83.3 Å². The van der Waals surface area contributed by atoms with Crippen molar-refractivity contribution in [1.82, 2.24) is 0 Å². The molecule has 6 heteroatoms. The molecule has 1 saturated heterocycles. The number of carbonyl (C=O) groups excluding carboxylic acids is 2. The minimum Gasteiger partial charge on any atom is -0.459 e. The minimum absolute atomic E-state index is 0.0606. The van der Waals surface area contributed by atoms with Crippen LogP contribution in [0.4, 0.5) is 11.4 Å². The molecule has 4 rings (SSSR count). The van der Waals surface area contributed by atoms with E-state index in [9.17, 15) is 9.59 Å². The summed E-state index contributed by atoms with van der Waals surface area (Å²) in [6.45, 7) is 4.09. The van der Waals surface area contributed by atoms with Gasteiger partial charge in [-0.15, -0.1) is 11.8 Å². The lowest BCUT2D eigenvalue weighted by atomic mass is 10.1. The van der Waals surface area contributed by atoms with Crippen LogP contribution in [0.15, 0.2) is 65.3 Å². The number of hydrogen-bond acceptors (Lipinski definition) is 4. The zero-order valence-corrected chi connectivity index (χ0v) is 16.5. The highest BCUT2D eigenvalue weighted by Crippen LogP contribution is 2.44. The lowest BCUT2D eigenvalue weighted by Gasteiger charge is -2.26. The molecule has 0 saturated carbocycles. The number of para-hydroxylation sites is 1. The summed E-state index contributed by atoms with van der Waals surface area (Å²) >= 11 is 1.56. The first kappa shape index (κ1) is 18.4. The number of benzene rings is 2. The molecule has 0 bridgehead atoms. The van der Waals surface area contributed by atoms with Crippen LogP contribution in [0.1, 0.15) is 32.6 Å². The van der Waals surface area contributed by atoms with Crippen LogP contribution >= 0.6 is 11.8 Å². The molecule has 1 atom stereocenters. The average Bonchev–Trinajstić information content (AvgIpc) is 3.35. The van der Waals surface area contributed by atoms with Crippen molar-refractivity contribution >= 4 is 35.0 Å². The first-order chi connectivity index (χ1) is 13.5. The van der Waals surface area contributed by atoms with Gasteiger partial charge in [-0.25, -0.2) is 0 Å². The molecule has 0 radical (unpaired) electrons. The maximum atomic E-state index is 12.7. The summed E-state index contributed by atoms with van der Waals surface area (Å²) in [6.07, 6.45) is 1.47. The Kier molecular flexibility index (Phi) is 4.96. The fourth-order valence-electron chi connectivity index (χ4n) is 3.23. The zero-order valence-electron chi connectivity index (χ0n) is 15.6. The third-order valence-corrected chi connectivity index (χ3v) is 6.05. The Labute approximate surface area is 167 Å². The normalized spacial score (nSPS) is 16.4. The van der Waals surface area contributed by atoms with E-state index < -0.39 is 0 Å². The molecule has 1 N–H and O–H groups in total. The Balaban J connectivity index is 1.68. The van der Waals surface area contributed by atoms with E-state index in [1.807, 2.05) is 54.3 Å². The largest absolute Gasteiger partial charge is 0.459 e. The summed E-state index contributed by atoms with van der Waals surface area (Å²) in [5, 5.41) is 2.71. The Morgan fingerprint density at radius 1 is 1.11 bits per heavy atom. The van der Waals surface area contributed by atoms with Crippen LogP contribution < -0.4 is 10.2 Å². The van der Waals surface area contributed by atoms with E-state index in [-0.39, 0.29) is 22.9 Å². The van der Waals surface area contributed by atoms with Crippen molar-refractivity contribution in [3.63, 3.8) is 0 Å². The number of nitrogens with one attached hydrogen (secondary N) is 1. The molecule has 0 unspecified atom stereocenters. The summed E-state index contributed by atoms with van der Waals surface area (Å²) in [4.78, 5) is 26.9. The fourth-order valence-corrected chi connectivity index (χ4v) is 4.44. The molecule has 2 heterocycles. The SMILES string of the molecule is Cc1ccc(N2C(=O)CS[C@H]2c2ccccc2NC(=O)c2ccco2)cc1C. The van der Waals surface area contributed by atoms with Gasteiger partial charge in [0.05, 0.1) is 12.0 Å². The zero-order chi connectivity index (χ0) is 19.7. The summed E-state index contributed by atoms with van der Waals surface area (Å²) in [7, 11) is 0. The lowest BCUT2D eigenvalue weighted by Crippen LogP contribution is -2.28. The molecule has 1 fully saturated rings. The topological polar surface area (TPSA) is 62.6 Å². The number of thioether (sulfide) groups is 1. The van der Waals surface area contributed by atoms with E-state index in [0.717, 1.165) is 16.8 Å². The number of rotatable bonds is 4. The molecule has 1 aromatic heterocycles. The van der Waals surface area contributed by atoms with Crippen molar-refractivity contribution in [2.75, 3.05) is 16.0 Å². The molecule has 28 heavy (non-hydrogen) atoms. The van der Waals surface area contributed by atoms with Crippen LogP contribution in [0.5, 0.6) is 0 Å². The van der Waals surface area contributed by atoms with Crippen LogP contribution in [0.2, 0.25) is 0 Å². The first-order valence-electron chi connectivity index (χ1n) is 8.99. The lowest BCUT2D eigenvalue weighted by molar-refractivity contribution is -0.115. The quantitative estimate of drug-likeness (QED) is 0.684. The number of amides is 2. The van der Waals surface area contributed by atoms with Gasteiger partial charge in [0.1, 0.15) is 5.37 Å². The number of nitrogens with zero attached hydrogens (tertiary/aromatic N) is 1. The summed E-state index contributed by atoms with van der Waals surface area (Å²) < 4.78 is 5.18. The van der Waals surface area contributed by atoms with E-state index in [4.69, 9.17) is 4.42 Å². The predicted molar refractivity (Wildman–Crippen MR) is 112 cm³/mol. The monoisotopic (exact) mass is 392 g/mol. The summed E-state index contributed by atoms with van der Waals surface area (Å²) in [5.74, 6) is 0.392. The van der Waals surface area contributed by atoms with Crippen molar-refractivity contribution in [2.24, 2.45) is 0 Å². The Bertz CT molecular complexity index is 1030. The minimum atomic E-state index is -0.315. The third-order valence-electron chi connectivity index (χ3n) is 4.86. The van der Waals surface area contributed by atoms with Crippen LogP contribution in [-0.2, 0) is 4.79 Å². The molecule has 3 aromatic rings. The highest BCUT2D eigenvalue weighted by Gasteiger charge is 2.35. The average molecular weight is 392 g/mol. The van der Waals surface area contributed by atoms with Crippen LogP contribution in [0, 0.1) is 13.8 Å². The Morgan fingerprint density at radius 2 is 1.93 bits per heavy atom. The van der Waals surface area contributed by atoms with Crippen molar-refractivity contribution < 1.29 is 14.0 Å². The van der Waals surface area contributed by atoms with E-state index in [2.05, 4.69) is 12.2 Å². The number of anilines is 2. The summed E-state index contributed by atoms with van der Waals surface area (Å²) in [5.41, 5.74) is 4.75. The van der Waals surface area contributed by atoms with E-state index in [1.165, 1.54) is 11.8 Å². The van der Waals surface area contributed by atoms with Crippen molar-refractivity contribution in [3.8, 4) is 0 Å². The van der Waals surface area contributed by atoms with E-state index in [0.29, 0.717) is 11.4 Å². The number of carbonyl (C=O) groups is 2. The van der Waals surface area contributed by atoms with Gasteiger partial charge in [-0.2, -0.15) is 0 Å². The maximum Gasteiger partial charge on any atom is 0.291 e. The highest BCUT2D eigenvalue weighted by molar-refractivity contribution is 8.00. The van der Waals surface area contributed by atoms with Crippen molar-refractivity contribution in [1.29, 1.82) is 0 Å². The number of aryl methyl sites for hydroxylation is 2. The Morgan fingerprint density at radius 3 is 2.68 bits per heavy atom. The second-order valence-corrected chi connectivity index (χ2v) is 7.78.